The maximum absolute atomic E-state index is 13.5. The first-order chi connectivity index (χ1) is 15.5. The standard InChI is InChI=1S/C25H26O7/c1-4-6-16-11-18-21(13-20(16)31-14-23(26)28-3)32-15(2)24(25(18)27)17-7-8-19-22(12-17)30-10-5-9-29-19/h7-8,11-13H,4-6,9-10,14H2,1-3H3. The van der Waals surface area contributed by atoms with Crippen LogP contribution in [-0.4, -0.2) is 32.9 Å². The number of esters is 1. The molecule has 168 valence electrons. The molecule has 0 saturated carbocycles. The fraction of sp³-hybridized carbons (Fsp3) is 0.360. The maximum Gasteiger partial charge on any atom is 0.343 e. The summed E-state index contributed by atoms with van der Waals surface area (Å²) in [7, 11) is 1.31. The molecule has 0 aliphatic carbocycles. The summed E-state index contributed by atoms with van der Waals surface area (Å²) in [5, 5.41) is 0.464. The summed E-state index contributed by atoms with van der Waals surface area (Å²) in [4.78, 5) is 25.0. The lowest BCUT2D eigenvalue weighted by Gasteiger charge is -2.14. The van der Waals surface area contributed by atoms with Crippen molar-refractivity contribution < 1.29 is 28.2 Å². The van der Waals surface area contributed by atoms with Crippen molar-refractivity contribution in [2.75, 3.05) is 26.9 Å². The number of ether oxygens (including phenoxy) is 4. The maximum atomic E-state index is 13.5. The Labute approximate surface area is 185 Å². The number of carbonyl (C=O) groups is 1. The van der Waals surface area contributed by atoms with E-state index in [1.807, 2.05) is 25.1 Å². The van der Waals surface area contributed by atoms with Crippen molar-refractivity contribution in [1.29, 1.82) is 0 Å². The highest BCUT2D eigenvalue weighted by Gasteiger charge is 2.19. The molecule has 3 aromatic rings. The van der Waals surface area contributed by atoms with Crippen LogP contribution in [0.2, 0.25) is 0 Å². The lowest BCUT2D eigenvalue weighted by atomic mass is 10.00. The van der Waals surface area contributed by atoms with Gasteiger partial charge in [0.25, 0.3) is 0 Å². The average molecular weight is 438 g/mol. The van der Waals surface area contributed by atoms with E-state index in [1.165, 1.54) is 7.11 Å². The highest BCUT2D eigenvalue weighted by atomic mass is 16.6. The van der Waals surface area contributed by atoms with E-state index in [2.05, 4.69) is 4.74 Å². The van der Waals surface area contributed by atoms with Gasteiger partial charge < -0.3 is 23.4 Å². The Morgan fingerprint density at radius 2 is 1.88 bits per heavy atom. The molecule has 0 N–H and O–H groups in total. The molecule has 0 radical (unpaired) electrons. The van der Waals surface area contributed by atoms with Gasteiger partial charge in [-0.3, -0.25) is 4.79 Å². The molecule has 0 bridgehead atoms. The van der Waals surface area contributed by atoms with Gasteiger partial charge in [0.15, 0.2) is 18.1 Å². The molecule has 0 amide bonds. The predicted octanol–water partition coefficient (Wildman–Crippen LogP) is 4.43. The molecule has 2 heterocycles. The summed E-state index contributed by atoms with van der Waals surface area (Å²) in [6, 6.07) is 8.97. The van der Waals surface area contributed by atoms with Crippen LogP contribution in [0.3, 0.4) is 0 Å². The number of methoxy groups -OCH3 is 1. The van der Waals surface area contributed by atoms with Crippen molar-refractivity contribution in [3.8, 4) is 28.4 Å². The second kappa shape index (κ2) is 9.34. The van der Waals surface area contributed by atoms with Crippen LogP contribution in [-0.2, 0) is 16.0 Å². The summed E-state index contributed by atoms with van der Waals surface area (Å²) in [6.07, 6.45) is 2.35. The predicted molar refractivity (Wildman–Crippen MR) is 120 cm³/mol. The van der Waals surface area contributed by atoms with Gasteiger partial charge in [-0.05, 0) is 42.7 Å². The summed E-state index contributed by atoms with van der Waals surface area (Å²) in [5.41, 5.74) is 2.31. The molecule has 1 aliphatic heterocycles. The number of hydrogen-bond donors (Lipinski definition) is 0. The minimum atomic E-state index is -0.477. The second-order valence-electron chi connectivity index (χ2n) is 7.65. The van der Waals surface area contributed by atoms with Crippen molar-refractivity contribution in [2.45, 2.75) is 33.1 Å². The number of fused-ring (bicyclic) bond motifs is 2. The van der Waals surface area contributed by atoms with Crippen LogP contribution >= 0.6 is 0 Å². The topological polar surface area (TPSA) is 84.2 Å². The third-order valence-electron chi connectivity index (χ3n) is 5.38. The van der Waals surface area contributed by atoms with Crippen LogP contribution in [0.1, 0.15) is 31.1 Å². The lowest BCUT2D eigenvalue weighted by Crippen LogP contribution is -2.14. The van der Waals surface area contributed by atoms with E-state index in [-0.39, 0.29) is 12.0 Å². The molecule has 1 aromatic heterocycles. The van der Waals surface area contributed by atoms with Crippen molar-refractivity contribution in [3.05, 3.63) is 51.9 Å². The van der Waals surface area contributed by atoms with Gasteiger partial charge in [0.05, 0.1) is 31.3 Å². The molecule has 4 rings (SSSR count). The molecule has 2 aromatic carbocycles. The normalized spacial score (nSPS) is 13.0. The largest absolute Gasteiger partial charge is 0.490 e. The fourth-order valence-electron chi connectivity index (χ4n) is 3.83. The van der Waals surface area contributed by atoms with Crippen LogP contribution in [0.25, 0.3) is 22.1 Å². The smallest absolute Gasteiger partial charge is 0.343 e. The number of benzene rings is 2. The van der Waals surface area contributed by atoms with Gasteiger partial charge in [0.1, 0.15) is 17.1 Å². The number of carbonyl (C=O) groups excluding carboxylic acids is 1. The van der Waals surface area contributed by atoms with E-state index in [4.69, 9.17) is 18.6 Å². The van der Waals surface area contributed by atoms with Gasteiger partial charge in [-0.15, -0.1) is 0 Å². The molecular weight excluding hydrogens is 412 g/mol. The summed E-state index contributed by atoms with van der Waals surface area (Å²) in [5.74, 6) is 1.81. The lowest BCUT2D eigenvalue weighted by molar-refractivity contribution is -0.142. The van der Waals surface area contributed by atoms with Gasteiger partial charge in [0, 0.05) is 12.5 Å². The molecule has 7 heteroatoms. The Morgan fingerprint density at radius 1 is 1.09 bits per heavy atom. The van der Waals surface area contributed by atoms with Crippen molar-refractivity contribution >= 4 is 16.9 Å². The van der Waals surface area contributed by atoms with Gasteiger partial charge >= 0.3 is 5.97 Å². The quantitative estimate of drug-likeness (QED) is 0.526. The zero-order chi connectivity index (χ0) is 22.7. The molecule has 0 saturated heterocycles. The van der Waals surface area contributed by atoms with Crippen LogP contribution in [0.15, 0.2) is 39.5 Å². The van der Waals surface area contributed by atoms with Crippen LogP contribution in [0.4, 0.5) is 0 Å². The Kier molecular flexibility index (Phi) is 6.35. The average Bonchev–Trinajstić information content (AvgIpc) is 3.03. The molecule has 0 unspecified atom stereocenters. The Morgan fingerprint density at radius 3 is 2.62 bits per heavy atom. The van der Waals surface area contributed by atoms with E-state index < -0.39 is 5.97 Å². The monoisotopic (exact) mass is 438 g/mol. The van der Waals surface area contributed by atoms with Crippen LogP contribution in [0.5, 0.6) is 17.2 Å². The number of rotatable bonds is 6. The molecule has 32 heavy (non-hydrogen) atoms. The molecule has 7 nitrogen and oxygen atoms in total. The third kappa shape index (κ3) is 4.28. The van der Waals surface area contributed by atoms with E-state index in [0.717, 1.165) is 18.4 Å². The third-order valence-corrected chi connectivity index (χ3v) is 5.38. The molecule has 0 fully saturated rings. The van der Waals surface area contributed by atoms with Crippen molar-refractivity contribution in [3.63, 3.8) is 0 Å². The van der Waals surface area contributed by atoms with Gasteiger partial charge in [0.2, 0.25) is 5.43 Å². The molecule has 0 spiro atoms. The molecule has 1 aliphatic rings. The van der Waals surface area contributed by atoms with E-state index in [1.54, 1.807) is 19.1 Å². The molecular formula is C25H26O7. The fourth-order valence-corrected chi connectivity index (χ4v) is 3.83. The SMILES string of the molecule is CCCc1cc2c(=O)c(-c3ccc4c(c3)OCCCO4)c(C)oc2cc1OCC(=O)OC. The first kappa shape index (κ1) is 21.7. The summed E-state index contributed by atoms with van der Waals surface area (Å²) >= 11 is 0. The Hall–Kier alpha value is -3.48. The number of hydrogen-bond acceptors (Lipinski definition) is 7. The van der Waals surface area contributed by atoms with E-state index >= 15 is 0 Å². The molecule has 0 atom stereocenters. The van der Waals surface area contributed by atoms with Gasteiger partial charge in [-0.2, -0.15) is 0 Å². The van der Waals surface area contributed by atoms with E-state index in [9.17, 15) is 9.59 Å². The number of aryl methyl sites for hydroxylation is 2. The van der Waals surface area contributed by atoms with E-state index in [0.29, 0.717) is 64.7 Å². The minimum Gasteiger partial charge on any atom is -0.490 e. The highest BCUT2D eigenvalue weighted by Crippen LogP contribution is 2.35. The van der Waals surface area contributed by atoms with Crippen molar-refractivity contribution in [2.24, 2.45) is 0 Å². The Bertz CT molecular complexity index is 1210. The first-order valence-electron chi connectivity index (χ1n) is 10.7. The summed E-state index contributed by atoms with van der Waals surface area (Å²) < 4.78 is 27.8. The highest BCUT2D eigenvalue weighted by molar-refractivity contribution is 5.85. The van der Waals surface area contributed by atoms with Crippen LogP contribution in [0, 0.1) is 6.92 Å². The zero-order valence-corrected chi connectivity index (χ0v) is 18.5. The van der Waals surface area contributed by atoms with Gasteiger partial charge in [-0.1, -0.05) is 19.4 Å². The zero-order valence-electron chi connectivity index (χ0n) is 18.5. The van der Waals surface area contributed by atoms with Crippen molar-refractivity contribution in [1.82, 2.24) is 0 Å². The summed E-state index contributed by atoms with van der Waals surface area (Å²) in [6.45, 7) is 4.75. The van der Waals surface area contributed by atoms with Crippen LogP contribution < -0.4 is 19.6 Å². The second-order valence-corrected chi connectivity index (χ2v) is 7.65. The first-order valence-corrected chi connectivity index (χ1v) is 10.7. The minimum absolute atomic E-state index is 0.130. The Balaban J connectivity index is 1.81. The van der Waals surface area contributed by atoms with Gasteiger partial charge in [-0.25, -0.2) is 4.79 Å².